The highest BCUT2D eigenvalue weighted by Crippen LogP contribution is 2.36. The first kappa shape index (κ1) is 23.4. The quantitative estimate of drug-likeness (QED) is 0.610. The highest BCUT2D eigenvalue weighted by molar-refractivity contribution is 5.80. The van der Waals surface area contributed by atoms with Crippen molar-refractivity contribution in [3.05, 3.63) is 52.7 Å². The summed E-state index contributed by atoms with van der Waals surface area (Å²) in [6.45, 7) is 5.00. The Morgan fingerprint density at radius 3 is 2.61 bits per heavy atom. The molecule has 1 saturated heterocycles. The van der Waals surface area contributed by atoms with Gasteiger partial charge in [-0.1, -0.05) is 18.2 Å². The summed E-state index contributed by atoms with van der Waals surface area (Å²) < 4.78 is 53.8. The number of hydrogen-bond donors (Lipinski definition) is 2. The number of carbonyl (C=O) groups excluding carboxylic acids is 1. The number of benzene rings is 1. The Morgan fingerprint density at radius 2 is 1.97 bits per heavy atom. The molecule has 0 bridgehead atoms. The van der Waals surface area contributed by atoms with E-state index in [4.69, 9.17) is 9.47 Å². The minimum Gasteiger partial charge on any atom is -0.363 e. The molecule has 2 heterocycles. The maximum atomic E-state index is 14.9. The molecule has 7 nitrogen and oxygen atoms in total. The zero-order valence-corrected chi connectivity index (χ0v) is 18.8. The fraction of sp³-hybridized carbons (Fsp3) is 0.522. The average molecular weight is 464 g/mol. The van der Waals surface area contributed by atoms with E-state index < -0.39 is 29.6 Å². The molecule has 1 aliphatic carbocycles. The van der Waals surface area contributed by atoms with Gasteiger partial charge in [-0.2, -0.15) is 0 Å². The standard InChI is InChI=1S/C23H27F3N4O3/c1-13(14-5-4-6-15(19(14)24)23(3,25)26)29-20-18(21-32-9-10-33-21)16(27-12-28-20)11-17(31)30-22(2)7-8-22/h4-6,12-13,21H,7-11H2,1-3H3,(H,30,31)(H,27,28,29)/t13-/m1/s1. The number of rotatable bonds is 8. The lowest BCUT2D eigenvalue weighted by Gasteiger charge is -2.23. The summed E-state index contributed by atoms with van der Waals surface area (Å²) in [4.78, 5) is 21.1. The summed E-state index contributed by atoms with van der Waals surface area (Å²) in [5.41, 5.74) is 0.0696. The van der Waals surface area contributed by atoms with Gasteiger partial charge in [-0.25, -0.2) is 23.1 Å². The summed E-state index contributed by atoms with van der Waals surface area (Å²) in [5, 5.41) is 6.06. The van der Waals surface area contributed by atoms with Gasteiger partial charge < -0.3 is 20.1 Å². The summed E-state index contributed by atoms with van der Waals surface area (Å²) in [6.07, 6.45) is 2.34. The van der Waals surface area contributed by atoms with Crippen molar-refractivity contribution in [2.75, 3.05) is 18.5 Å². The van der Waals surface area contributed by atoms with Crippen LogP contribution in [0.1, 0.15) is 68.3 Å². The van der Waals surface area contributed by atoms with Crippen molar-refractivity contribution < 1.29 is 27.4 Å². The molecule has 33 heavy (non-hydrogen) atoms. The smallest absolute Gasteiger partial charge is 0.273 e. The molecule has 2 fully saturated rings. The van der Waals surface area contributed by atoms with Gasteiger partial charge in [0.05, 0.1) is 42.5 Å². The van der Waals surface area contributed by atoms with Gasteiger partial charge in [0.1, 0.15) is 18.0 Å². The minimum absolute atomic E-state index is 0.00831. The number of aromatic nitrogens is 2. The van der Waals surface area contributed by atoms with Crippen molar-refractivity contribution in [2.24, 2.45) is 0 Å². The Labute approximate surface area is 190 Å². The Balaban J connectivity index is 1.63. The van der Waals surface area contributed by atoms with Crippen molar-refractivity contribution in [3.63, 3.8) is 0 Å². The number of hydrogen-bond acceptors (Lipinski definition) is 6. The van der Waals surface area contributed by atoms with E-state index in [9.17, 15) is 18.0 Å². The van der Waals surface area contributed by atoms with Gasteiger partial charge in [-0.15, -0.1) is 0 Å². The highest BCUT2D eigenvalue weighted by Gasteiger charge is 2.39. The molecule has 0 spiro atoms. The summed E-state index contributed by atoms with van der Waals surface area (Å²) in [5.74, 6) is -4.19. The molecule has 0 unspecified atom stereocenters. The van der Waals surface area contributed by atoms with Crippen LogP contribution in [0.2, 0.25) is 0 Å². The van der Waals surface area contributed by atoms with Crippen LogP contribution in [-0.4, -0.2) is 34.6 Å². The fourth-order valence-corrected chi connectivity index (χ4v) is 3.81. The summed E-state index contributed by atoms with van der Waals surface area (Å²) in [7, 11) is 0. The van der Waals surface area contributed by atoms with Crippen molar-refractivity contribution in [1.29, 1.82) is 0 Å². The second-order valence-corrected chi connectivity index (χ2v) is 8.90. The summed E-state index contributed by atoms with van der Waals surface area (Å²) in [6, 6.07) is 3.19. The average Bonchev–Trinajstić information content (AvgIpc) is 3.22. The molecule has 1 aromatic heterocycles. The maximum absolute atomic E-state index is 14.9. The Bertz CT molecular complexity index is 1030. The van der Waals surface area contributed by atoms with Crippen molar-refractivity contribution in [2.45, 2.75) is 63.8 Å². The van der Waals surface area contributed by atoms with E-state index in [1.165, 1.54) is 18.5 Å². The molecule has 1 amide bonds. The molecule has 1 aliphatic heterocycles. The zero-order chi connectivity index (χ0) is 23.8. The van der Waals surface area contributed by atoms with Crippen LogP contribution in [0.3, 0.4) is 0 Å². The molecule has 2 N–H and O–H groups in total. The van der Waals surface area contributed by atoms with Crippen LogP contribution < -0.4 is 10.6 Å². The van der Waals surface area contributed by atoms with Crippen LogP contribution in [0.15, 0.2) is 24.5 Å². The van der Waals surface area contributed by atoms with Crippen LogP contribution in [0.4, 0.5) is 19.0 Å². The van der Waals surface area contributed by atoms with Crippen molar-refractivity contribution >= 4 is 11.7 Å². The van der Waals surface area contributed by atoms with Crippen LogP contribution in [-0.2, 0) is 26.6 Å². The predicted octanol–water partition coefficient (Wildman–Crippen LogP) is 4.16. The minimum atomic E-state index is -3.32. The highest BCUT2D eigenvalue weighted by atomic mass is 19.3. The molecule has 2 aliphatic rings. The van der Waals surface area contributed by atoms with Gasteiger partial charge in [0.2, 0.25) is 5.91 Å². The van der Waals surface area contributed by atoms with E-state index in [2.05, 4.69) is 20.6 Å². The molecular formula is C23H27F3N4O3. The molecule has 1 aromatic carbocycles. The topological polar surface area (TPSA) is 85.4 Å². The molecule has 4 rings (SSSR count). The van der Waals surface area contributed by atoms with Crippen LogP contribution in [0.5, 0.6) is 0 Å². The van der Waals surface area contributed by atoms with Gasteiger partial charge >= 0.3 is 0 Å². The zero-order valence-electron chi connectivity index (χ0n) is 18.8. The fourth-order valence-electron chi connectivity index (χ4n) is 3.81. The van der Waals surface area contributed by atoms with E-state index in [0.29, 0.717) is 31.4 Å². The van der Waals surface area contributed by atoms with E-state index in [-0.39, 0.29) is 29.2 Å². The van der Waals surface area contributed by atoms with Gasteiger partial charge in [-0.3, -0.25) is 4.79 Å². The monoisotopic (exact) mass is 464 g/mol. The third kappa shape index (κ3) is 5.27. The molecular weight excluding hydrogens is 437 g/mol. The Kier molecular flexibility index (Phi) is 6.32. The summed E-state index contributed by atoms with van der Waals surface area (Å²) >= 11 is 0. The Hall–Kier alpha value is -2.72. The SMILES string of the molecule is C[C@@H](Nc1ncnc(CC(=O)NC2(C)CC2)c1C1OCCO1)c1cccc(C(C)(F)F)c1F. The van der Waals surface area contributed by atoms with Gasteiger partial charge in [0, 0.05) is 18.0 Å². The van der Waals surface area contributed by atoms with Gasteiger partial charge in [0.15, 0.2) is 6.29 Å². The number of alkyl halides is 2. The molecule has 1 saturated carbocycles. The first-order valence-corrected chi connectivity index (χ1v) is 10.9. The van der Waals surface area contributed by atoms with E-state index >= 15 is 0 Å². The number of ether oxygens (including phenoxy) is 2. The van der Waals surface area contributed by atoms with Gasteiger partial charge in [0.25, 0.3) is 5.92 Å². The predicted molar refractivity (Wildman–Crippen MR) is 114 cm³/mol. The second-order valence-electron chi connectivity index (χ2n) is 8.90. The lowest BCUT2D eigenvalue weighted by Crippen LogP contribution is -2.35. The van der Waals surface area contributed by atoms with Gasteiger partial charge in [-0.05, 0) is 26.7 Å². The van der Waals surface area contributed by atoms with Crippen LogP contribution in [0.25, 0.3) is 0 Å². The first-order valence-electron chi connectivity index (χ1n) is 10.9. The third-order valence-electron chi connectivity index (χ3n) is 5.91. The Morgan fingerprint density at radius 1 is 1.27 bits per heavy atom. The van der Waals surface area contributed by atoms with Crippen LogP contribution in [0, 0.1) is 5.82 Å². The number of nitrogens with zero attached hydrogens (tertiary/aromatic N) is 2. The van der Waals surface area contributed by atoms with E-state index in [1.54, 1.807) is 6.92 Å². The molecule has 178 valence electrons. The molecule has 0 radical (unpaired) electrons. The number of halogens is 3. The third-order valence-corrected chi connectivity index (χ3v) is 5.91. The molecule has 10 heteroatoms. The first-order chi connectivity index (χ1) is 15.6. The molecule has 1 atom stereocenters. The lowest BCUT2D eigenvalue weighted by molar-refractivity contribution is -0.121. The van der Waals surface area contributed by atoms with Crippen LogP contribution >= 0.6 is 0 Å². The number of amides is 1. The number of nitrogens with one attached hydrogen (secondary N) is 2. The lowest BCUT2D eigenvalue weighted by atomic mass is 10.0. The maximum Gasteiger partial charge on any atom is 0.273 e. The van der Waals surface area contributed by atoms with E-state index in [1.807, 2.05) is 6.92 Å². The van der Waals surface area contributed by atoms with Crippen molar-refractivity contribution in [1.82, 2.24) is 15.3 Å². The van der Waals surface area contributed by atoms with E-state index in [0.717, 1.165) is 18.9 Å². The normalized spacial score (nSPS) is 18.7. The second kappa shape index (κ2) is 8.90. The number of anilines is 1. The number of carbonyl (C=O) groups is 1. The largest absolute Gasteiger partial charge is 0.363 e. The molecule has 2 aromatic rings. The van der Waals surface area contributed by atoms with Crippen molar-refractivity contribution in [3.8, 4) is 0 Å².